The Balaban J connectivity index is 2.63. The van der Waals surface area contributed by atoms with Gasteiger partial charge in [0, 0.05) is 30.2 Å². The molecule has 1 aromatic heterocycles. The van der Waals surface area contributed by atoms with Gasteiger partial charge < -0.3 is 15.0 Å². The van der Waals surface area contributed by atoms with Crippen LogP contribution in [0.3, 0.4) is 0 Å². The summed E-state index contributed by atoms with van der Waals surface area (Å²) in [6.07, 6.45) is 0. The van der Waals surface area contributed by atoms with Crippen LogP contribution in [0.4, 0.5) is 5.69 Å². The SMILES string of the molecule is CC(CO)Nc1cc(=O)n(C)c2ccccc12. The van der Waals surface area contributed by atoms with E-state index in [1.54, 1.807) is 17.7 Å². The van der Waals surface area contributed by atoms with Gasteiger partial charge in [-0.3, -0.25) is 4.79 Å². The van der Waals surface area contributed by atoms with Crippen molar-refractivity contribution in [2.75, 3.05) is 11.9 Å². The first kappa shape index (κ1) is 11.7. The van der Waals surface area contributed by atoms with Gasteiger partial charge in [0.25, 0.3) is 5.56 Å². The topological polar surface area (TPSA) is 54.3 Å². The fourth-order valence-electron chi connectivity index (χ4n) is 1.84. The van der Waals surface area contributed by atoms with Gasteiger partial charge in [-0.15, -0.1) is 0 Å². The highest BCUT2D eigenvalue weighted by Crippen LogP contribution is 2.21. The van der Waals surface area contributed by atoms with Crippen LogP contribution in [0.15, 0.2) is 35.1 Å². The van der Waals surface area contributed by atoms with E-state index in [-0.39, 0.29) is 18.2 Å². The Kier molecular flexibility index (Phi) is 3.15. The van der Waals surface area contributed by atoms with Crippen molar-refractivity contribution in [3.05, 3.63) is 40.7 Å². The van der Waals surface area contributed by atoms with Gasteiger partial charge in [-0.1, -0.05) is 18.2 Å². The second-order valence-corrected chi connectivity index (χ2v) is 4.20. The lowest BCUT2D eigenvalue weighted by Crippen LogP contribution is -2.23. The van der Waals surface area contributed by atoms with Crippen molar-refractivity contribution in [2.45, 2.75) is 13.0 Å². The van der Waals surface area contributed by atoms with E-state index in [4.69, 9.17) is 5.11 Å². The summed E-state index contributed by atoms with van der Waals surface area (Å²) in [6, 6.07) is 9.19. The fraction of sp³-hybridized carbons (Fsp3) is 0.308. The molecule has 17 heavy (non-hydrogen) atoms. The third-order valence-electron chi connectivity index (χ3n) is 2.83. The third-order valence-corrected chi connectivity index (χ3v) is 2.83. The maximum absolute atomic E-state index is 11.8. The normalized spacial score (nSPS) is 12.6. The van der Waals surface area contributed by atoms with Crippen LogP contribution in [0.1, 0.15) is 6.92 Å². The summed E-state index contributed by atoms with van der Waals surface area (Å²) < 4.78 is 1.62. The number of anilines is 1. The maximum atomic E-state index is 11.8. The molecule has 0 fully saturated rings. The summed E-state index contributed by atoms with van der Waals surface area (Å²) in [5.74, 6) is 0. The quantitative estimate of drug-likeness (QED) is 0.839. The van der Waals surface area contributed by atoms with Crippen molar-refractivity contribution >= 4 is 16.6 Å². The van der Waals surface area contributed by atoms with E-state index in [9.17, 15) is 4.79 Å². The number of fused-ring (bicyclic) bond motifs is 1. The Morgan fingerprint density at radius 1 is 1.41 bits per heavy atom. The van der Waals surface area contributed by atoms with Gasteiger partial charge >= 0.3 is 0 Å². The lowest BCUT2D eigenvalue weighted by molar-refractivity contribution is 0.281. The van der Waals surface area contributed by atoms with Crippen molar-refractivity contribution in [3.63, 3.8) is 0 Å². The molecule has 0 radical (unpaired) electrons. The Bertz CT molecular complexity index is 589. The number of para-hydroxylation sites is 1. The number of nitrogens with one attached hydrogen (secondary N) is 1. The minimum absolute atomic E-state index is 0.0313. The van der Waals surface area contributed by atoms with Crippen LogP contribution >= 0.6 is 0 Å². The smallest absolute Gasteiger partial charge is 0.252 e. The molecule has 90 valence electrons. The molecule has 0 spiro atoms. The van der Waals surface area contributed by atoms with Crippen LogP contribution in [0.2, 0.25) is 0 Å². The zero-order valence-corrected chi connectivity index (χ0v) is 9.97. The van der Waals surface area contributed by atoms with E-state index >= 15 is 0 Å². The van der Waals surface area contributed by atoms with Crippen LogP contribution in [0.25, 0.3) is 10.9 Å². The molecule has 0 saturated carbocycles. The van der Waals surface area contributed by atoms with Gasteiger partial charge in [0.1, 0.15) is 0 Å². The maximum Gasteiger partial charge on any atom is 0.252 e. The van der Waals surface area contributed by atoms with Gasteiger partial charge in [0.15, 0.2) is 0 Å². The predicted octanol–water partition coefficient (Wildman–Crippen LogP) is 1.33. The molecule has 4 heteroatoms. The van der Waals surface area contributed by atoms with Crippen molar-refractivity contribution in [1.29, 1.82) is 0 Å². The minimum Gasteiger partial charge on any atom is -0.394 e. The van der Waals surface area contributed by atoms with E-state index < -0.39 is 0 Å². The molecular formula is C13H16N2O2. The zero-order chi connectivity index (χ0) is 12.4. The third kappa shape index (κ3) is 2.17. The second-order valence-electron chi connectivity index (χ2n) is 4.20. The molecule has 0 aliphatic rings. The molecule has 0 bridgehead atoms. The average molecular weight is 232 g/mol. The predicted molar refractivity (Wildman–Crippen MR) is 69.4 cm³/mol. The number of pyridine rings is 1. The number of hydrogen-bond acceptors (Lipinski definition) is 3. The lowest BCUT2D eigenvalue weighted by atomic mass is 10.1. The van der Waals surface area contributed by atoms with Crippen molar-refractivity contribution in [1.82, 2.24) is 4.57 Å². The second kappa shape index (κ2) is 4.59. The Morgan fingerprint density at radius 3 is 2.82 bits per heavy atom. The molecule has 0 aliphatic carbocycles. The van der Waals surface area contributed by atoms with Crippen LogP contribution < -0.4 is 10.9 Å². The van der Waals surface area contributed by atoms with E-state index in [0.29, 0.717) is 0 Å². The first-order valence-corrected chi connectivity index (χ1v) is 5.59. The first-order valence-electron chi connectivity index (χ1n) is 5.59. The highest BCUT2D eigenvalue weighted by atomic mass is 16.3. The number of benzene rings is 1. The van der Waals surface area contributed by atoms with Crippen LogP contribution in [0, 0.1) is 0 Å². The molecular weight excluding hydrogens is 216 g/mol. The van der Waals surface area contributed by atoms with E-state index in [2.05, 4.69) is 5.32 Å². The van der Waals surface area contributed by atoms with Gasteiger partial charge in [0.05, 0.1) is 12.1 Å². The monoisotopic (exact) mass is 232 g/mol. The number of nitrogens with zero attached hydrogens (tertiary/aromatic N) is 1. The van der Waals surface area contributed by atoms with E-state index in [0.717, 1.165) is 16.6 Å². The van der Waals surface area contributed by atoms with Crippen molar-refractivity contribution in [2.24, 2.45) is 7.05 Å². The summed E-state index contributed by atoms with van der Waals surface area (Å²) >= 11 is 0. The van der Waals surface area contributed by atoms with Gasteiger partial charge in [-0.25, -0.2) is 0 Å². The van der Waals surface area contributed by atoms with Crippen molar-refractivity contribution < 1.29 is 5.11 Å². The summed E-state index contributed by atoms with van der Waals surface area (Å²) in [6.45, 7) is 1.90. The van der Waals surface area contributed by atoms with Gasteiger partial charge in [-0.05, 0) is 13.0 Å². The van der Waals surface area contributed by atoms with Gasteiger partial charge in [0.2, 0.25) is 0 Å². The summed E-state index contributed by atoms with van der Waals surface area (Å²) in [7, 11) is 1.75. The Morgan fingerprint density at radius 2 is 2.12 bits per heavy atom. The molecule has 2 N–H and O–H groups in total. The fourth-order valence-corrected chi connectivity index (χ4v) is 1.84. The molecule has 2 aromatic rings. The standard InChI is InChI=1S/C13H16N2O2/c1-9(8-16)14-11-7-13(17)15(2)12-6-4-3-5-10(11)12/h3-7,9,14,16H,8H2,1-2H3. The largest absolute Gasteiger partial charge is 0.394 e. The summed E-state index contributed by atoms with van der Waals surface area (Å²) in [4.78, 5) is 11.8. The minimum atomic E-state index is -0.0782. The van der Waals surface area contributed by atoms with Crippen molar-refractivity contribution in [3.8, 4) is 0 Å². The number of aliphatic hydroxyl groups is 1. The Hall–Kier alpha value is -1.81. The molecule has 1 heterocycles. The average Bonchev–Trinajstić information content (AvgIpc) is 2.35. The van der Waals surface area contributed by atoms with Crippen LogP contribution in [0.5, 0.6) is 0 Å². The van der Waals surface area contributed by atoms with E-state index in [1.165, 1.54) is 0 Å². The Labute approximate surface area is 99.5 Å². The van der Waals surface area contributed by atoms with Crippen LogP contribution in [-0.2, 0) is 7.05 Å². The highest BCUT2D eigenvalue weighted by molar-refractivity contribution is 5.91. The lowest BCUT2D eigenvalue weighted by Gasteiger charge is -2.15. The molecule has 4 nitrogen and oxygen atoms in total. The number of hydrogen-bond donors (Lipinski definition) is 2. The van der Waals surface area contributed by atoms with Crippen LogP contribution in [-0.4, -0.2) is 22.3 Å². The number of aliphatic hydroxyl groups excluding tert-OH is 1. The molecule has 0 aliphatic heterocycles. The molecule has 1 aromatic carbocycles. The molecule has 1 unspecified atom stereocenters. The van der Waals surface area contributed by atoms with E-state index in [1.807, 2.05) is 31.2 Å². The number of aryl methyl sites for hydroxylation is 1. The molecule has 1 atom stereocenters. The molecule has 0 amide bonds. The molecule has 2 rings (SSSR count). The number of aromatic nitrogens is 1. The first-order chi connectivity index (χ1) is 8.13. The summed E-state index contributed by atoms with van der Waals surface area (Å²) in [5, 5.41) is 13.2. The molecule has 0 saturated heterocycles. The van der Waals surface area contributed by atoms with Gasteiger partial charge in [-0.2, -0.15) is 0 Å². The summed E-state index contributed by atoms with van der Waals surface area (Å²) in [5.41, 5.74) is 1.59. The zero-order valence-electron chi connectivity index (χ0n) is 9.97. The highest BCUT2D eigenvalue weighted by Gasteiger charge is 2.07. The number of rotatable bonds is 3.